The highest BCUT2D eigenvalue weighted by molar-refractivity contribution is 6.35. The molecule has 1 heterocycles. The molecule has 1 aliphatic heterocycles. The van der Waals surface area contributed by atoms with Crippen LogP contribution >= 0.6 is 23.2 Å². The molecule has 0 aliphatic carbocycles. The second-order valence-electron chi connectivity index (χ2n) is 4.24. The Morgan fingerprint density at radius 3 is 2.88 bits per heavy atom. The molecule has 1 fully saturated rings. The lowest BCUT2D eigenvalue weighted by atomic mass is 10.1. The van der Waals surface area contributed by atoms with E-state index in [1.54, 1.807) is 6.07 Å². The van der Waals surface area contributed by atoms with Crippen LogP contribution in [0.5, 0.6) is 0 Å². The van der Waals surface area contributed by atoms with Crippen molar-refractivity contribution in [2.75, 3.05) is 13.1 Å². The minimum absolute atomic E-state index is 0.259. The van der Waals surface area contributed by atoms with Gasteiger partial charge in [0.05, 0.1) is 0 Å². The van der Waals surface area contributed by atoms with Crippen molar-refractivity contribution in [1.82, 2.24) is 10.6 Å². The van der Waals surface area contributed by atoms with Crippen LogP contribution < -0.4 is 10.6 Å². The average molecular weight is 259 g/mol. The number of hydrogen-bond acceptors (Lipinski definition) is 2. The van der Waals surface area contributed by atoms with Gasteiger partial charge in [-0.1, -0.05) is 29.3 Å². The zero-order valence-electron chi connectivity index (χ0n) is 9.26. The normalized spacial score (nSPS) is 22.3. The molecule has 2 atom stereocenters. The Bertz CT molecular complexity index is 362. The molecule has 0 aromatic heterocycles. The summed E-state index contributed by atoms with van der Waals surface area (Å²) in [5.41, 5.74) is 1.11. The van der Waals surface area contributed by atoms with Crippen molar-refractivity contribution in [3.05, 3.63) is 33.8 Å². The van der Waals surface area contributed by atoms with Crippen LogP contribution in [0, 0.1) is 0 Å². The summed E-state index contributed by atoms with van der Waals surface area (Å²) in [5.74, 6) is 0. The molecule has 0 amide bonds. The summed E-state index contributed by atoms with van der Waals surface area (Å²) in [6, 6.07) is 6.47. The van der Waals surface area contributed by atoms with Crippen molar-refractivity contribution in [3.63, 3.8) is 0 Å². The Kier molecular flexibility index (Phi) is 4.09. The van der Waals surface area contributed by atoms with E-state index in [1.165, 1.54) is 6.42 Å². The van der Waals surface area contributed by atoms with Gasteiger partial charge in [-0.3, -0.25) is 0 Å². The van der Waals surface area contributed by atoms with Crippen LogP contribution in [0.25, 0.3) is 0 Å². The molecule has 88 valence electrons. The molecule has 1 aromatic rings. The molecule has 1 aliphatic rings. The molecule has 0 bridgehead atoms. The minimum Gasteiger partial charge on any atom is -0.315 e. The zero-order chi connectivity index (χ0) is 11.5. The van der Waals surface area contributed by atoms with Gasteiger partial charge in [0.25, 0.3) is 0 Å². The summed E-state index contributed by atoms with van der Waals surface area (Å²) in [7, 11) is 0. The van der Waals surface area contributed by atoms with Gasteiger partial charge in [0.1, 0.15) is 0 Å². The van der Waals surface area contributed by atoms with E-state index in [0.29, 0.717) is 11.1 Å². The van der Waals surface area contributed by atoms with Gasteiger partial charge >= 0.3 is 0 Å². The van der Waals surface area contributed by atoms with E-state index in [9.17, 15) is 0 Å². The molecule has 4 heteroatoms. The maximum Gasteiger partial charge on any atom is 0.0468 e. The summed E-state index contributed by atoms with van der Waals surface area (Å²) in [4.78, 5) is 0. The summed E-state index contributed by atoms with van der Waals surface area (Å²) in [6.07, 6.45) is 1.18. The zero-order valence-corrected chi connectivity index (χ0v) is 10.8. The number of halogens is 2. The quantitative estimate of drug-likeness (QED) is 0.871. The molecule has 0 radical (unpaired) electrons. The van der Waals surface area contributed by atoms with E-state index in [1.807, 2.05) is 12.1 Å². The molecular formula is C12H16Cl2N2. The maximum atomic E-state index is 6.17. The monoisotopic (exact) mass is 258 g/mol. The van der Waals surface area contributed by atoms with Gasteiger partial charge in [-0.15, -0.1) is 0 Å². The highest BCUT2D eigenvalue weighted by atomic mass is 35.5. The molecule has 1 unspecified atom stereocenters. The van der Waals surface area contributed by atoms with Crippen molar-refractivity contribution < 1.29 is 0 Å². The van der Waals surface area contributed by atoms with Crippen molar-refractivity contribution in [1.29, 1.82) is 0 Å². The topological polar surface area (TPSA) is 24.1 Å². The van der Waals surface area contributed by atoms with Crippen molar-refractivity contribution >= 4 is 23.2 Å². The molecule has 2 nitrogen and oxygen atoms in total. The van der Waals surface area contributed by atoms with Gasteiger partial charge in [0.15, 0.2) is 0 Å². The van der Waals surface area contributed by atoms with E-state index in [-0.39, 0.29) is 6.04 Å². The van der Waals surface area contributed by atoms with E-state index in [0.717, 1.165) is 23.7 Å². The van der Waals surface area contributed by atoms with Gasteiger partial charge in [0.2, 0.25) is 0 Å². The molecular weight excluding hydrogens is 243 g/mol. The first kappa shape index (κ1) is 12.2. The van der Waals surface area contributed by atoms with Crippen LogP contribution in [0.2, 0.25) is 10.0 Å². The van der Waals surface area contributed by atoms with Crippen LogP contribution in [0.15, 0.2) is 18.2 Å². The lowest BCUT2D eigenvalue weighted by Crippen LogP contribution is -2.33. The summed E-state index contributed by atoms with van der Waals surface area (Å²) in [6.45, 7) is 4.27. The largest absolute Gasteiger partial charge is 0.315 e. The highest BCUT2D eigenvalue weighted by Crippen LogP contribution is 2.26. The molecule has 2 rings (SSSR count). The van der Waals surface area contributed by atoms with E-state index in [4.69, 9.17) is 23.2 Å². The molecule has 0 saturated carbocycles. The molecule has 1 saturated heterocycles. The SMILES string of the molecule is CC(N[C@H]1CCNC1)c1ccc(Cl)cc1Cl. The van der Waals surface area contributed by atoms with Crippen LogP contribution in [0.4, 0.5) is 0 Å². The summed E-state index contributed by atoms with van der Waals surface area (Å²) in [5, 5.41) is 8.32. The molecule has 2 N–H and O–H groups in total. The van der Waals surface area contributed by atoms with Gasteiger partial charge in [0, 0.05) is 28.7 Å². The number of rotatable bonds is 3. The second-order valence-corrected chi connectivity index (χ2v) is 5.09. The Labute approximate surface area is 106 Å². The average Bonchev–Trinajstić information content (AvgIpc) is 2.70. The highest BCUT2D eigenvalue weighted by Gasteiger charge is 2.18. The van der Waals surface area contributed by atoms with Crippen LogP contribution in [-0.4, -0.2) is 19.1 Å². The van der Waals surface area contributed by atoms with Crippen molar-refractivity contribution in [3.8, 4) is 0 Å². The van der Waals surface area contributed by atoms with Gasteiger partial charge in [-0.05, 0) is 37.6 Å². The fraction of sp³-hybridized carbons (Fsp3) is 0.500. The second kappa shape index (κ2) is 5.37. The van der Waals surface area contributed by atoms with E-state index >= 15 is 0 Å². The molecule has 1 aromatic carbocycles. The number of nitrogens with one attached hydrogen (secondary N) is 2. The molecule has 16 heavy (non-hydrogen) atoms. The third kappa shape index (κ3) is 2.89. The maximum absolute atomic E-state index is 6.17. The fourth-order valence-electron chi connectivity index (χ4n) is 2.09. The Morgan fingerprint density at radius 1 is 1.44 bits per heavy atom. The fourth-order valence-corrected chi connectivity index (χ4v) is 2.67. The lowest BCUT2D eigenvalue weighted by Gasteiger charge is -2.20. The van der Waals surface area contributed by atoms with Crippen LogP contribution in [0.3, 0.4) is 0 Å². The first-order chi connectivity index (χ1) is 7.66. The van der Waals surface area contributed by atoms with Crippen molar-refractivity contribution in [2.24, 2.45) is 0 Å². The van der Waals surface area contributed by atoms with E-state index < -0.39 is 0 Å². The van der Waals surface area contributed by atoms with Gasteiger partial charge < -0.3 is 10.6 Å². The Hall–Kier alpha value is -0.280. The summed E-state index contributed by atoms with van der Waals surface area (Å²) < 4.78 is 0. The molecule has 0 spiro atoms. The van der Waals surface area contributed by atoms with Crippen molar-refractivity contribution in [2.45, 2.75) is 25.4 Å². The predicted molar refractivity (Wildman–Crippen MR) is 69.3 cm³/mol. The lowest BCUT2D eigenvalue weighted by molar-refractivity contribution is 0.478. The van der Waals surface area contributed by atoms with E-state index in [2.05, 4.69) is 17.6 Å². The summed E-state index contributed by atoms with van der Waals surface area (Å²) >= 11 is 12.0. The smallest absolute Gasteiger partial charge is 0.0468 e. The number of hydrogen-bond donors (Lipinski definition) is 2. The van der Waals surface area contributed by atoms with Crippen LogP contribution in [0.1, 0.15) is 24.9 Å². The Balaban J connectivity index is 2.04. The number of benzene rings is 1. The van der Waals surface area contributed by atoms with Crippen LogP contribution in [-0.2, 0) is 0 Å². The minimum atomic E-state index is 0.259. The Morgan fingerprint density at radius 2 is 2.25 bits per heavy atom. The van der Waals surface area contributed by atoms with Gasteiger partial charge in [-0.25, -0.2) is 0 Å². The first-order valence-corrected chi connectivity index (χ1v) is 6.34. The third-order valence-electron chi connectivity index (χ3n) is 2.98. The standard InChI is InChI=1S/C12H16Cl2N2/c1-8(16-10-4-5-15-7-10)11-3-2-9(13)6-12(11)14/h2-3,6,8,10,15-16H,4-5,7H2,1H3/t8?,10-/m0/s1. The van der Waals surface area contributed by atoms with Gasteiger partial charge in [-0.2, -0.15) is 0 Å². The predicted octanol–water partition coefficient (Wildman–Crippen LogP) is 3.01. The first-order valence-electron chi connectivity index (χ1n) is 5.58. The third-order valence-corrected chi connectivity index (χ3v) is 3.54.